The maximum absolute atomic E-state index is 13.7. The number of Topliss-reactive ketones (excluding diaryl/α,β-unsaturated/α-hetero) is 1. The van der Waals surface area contributed by atoms with Crippen LogP contribution in [0.4, 0.5) is 9.59 Å². The van der Waals surface area contributed by atoms with Crippen LogP contribution in [0.2, 0.25) is 0 Å². The first-order chi connectivity index (χ1) is 22.8. The number of benzene rings is 3. The zero-order chi connectivity index (χ0) is 35.3. The number of likely N-dealkylation sites (N-methyl/N-ethyl adjacent to an activating group) is 1. The Hall–Kier alpha value is -5.39. The summed E-state index contributed by atoms with van der Waals surface area (Å²) in [4.78, 5) is 66.5. The van der Waals surface area contributed by atoms with Gasteiger partial charge in [-0.25, -0.2) is 19.2 Å². The number of hydrogen-bond donors (Lipinski definition) is 1. The maximum atomic E-state index is 13.7. The third-order valence-corrected chi connectivity index (χ3v) is 6.96. The summed E-state index contributed by atoms with van der Waals surface area (Å²) in [5, 5.41) is 2.39. The largest absolute Gasteiger partial charge is 0.497 e. The first-order valence-corrected chi connectivity index (χ1v) is 15.3. The number of ketones is 1. The molecule has 0 aromatic heterocycles. The number of methoxy groups -OCH3 is 1. The van der Waals surface area contributed by atoms with Gasteiger partial charge in [0, 0.05) is 19.0 Å². The molecular weight excluding hydrogens is 620 g/mol. The summed E-state index contributed by atoms with van der Waals surface area (Å²) in [5.41, 5.74) is 0.844. The average molecular weight is 663 g/mol. The van der Waals surface area contributed by atoms with Crippen LogP contribution in [0.15, 0.2) is 84.9 Å². The van der Waals surface area contributed by atoms with Crippen molar-refractivity contribution in [3.8, 4) is 5.75 Å². The van der Waals surface area contributed by atoms with Crippen LogP contribution in [0.5, 0.6) is 5.75 Å². The number of carbonyl (C=O) groups excluding carboxylic acids is 5. The van der Waals surface area contributed by atoms with Gasteiger partial charge < -0.3 is 29.0 Å². The van der Waals surface area contributed by atoms with Crippen molar-refractivity contribution in [2.45, 2.75) is 64.5 Å². The van der Waals surface area contributed by atoms with E-state index in [1.807, 2.05) is 18.2 Å². The molecule has 0 aliphatic heterocycles. The van der Waals surface area contributed by atoms with Crippen molar-refractivity contribution < 1.29 is 47.7 Å². The smallest absolute Gasteiger partial charge is 0.410 e. The number of rotatable bonds is 14. The number of nitrogens with one attached hydrogen (secondary N) is 1. The predicted octanol–water partition coefficient (Wildman–Crippen LogP) is 5.13. The second-order valence-electron chi connectivity index (χ2n) is 11.9. The summed E-state index contributed by atoms with van der Waals surface area (Å²) < 4.78 is 26.9. The Morgan fingerprint density at radius 3 is 1.98 bits per heavy atom. The normalized spacial score (nSPS) is 12.8. The highest BCUT2D eigenvalue weighted by molar-refractivity contribution is 5.98. The van der Waals surface area contributed by atoms with Crippen LogP contribution < -0.4 is 10.1 Å². The lowest BCUT2D eigenvalue weighted by Gasteiger charge is -2.30. The van der Waals surface area contributed by atoms with Gasteiger partial charge in [0.25, 0.3) is 0 Å². The molecule has 3 aromatic rings. The van der Waals surface area contributed by atoms with Crippen molar-refractivity contribution in [2.75, 3.05) is 20.8 Å². The Labute approximate surface area is 280 Å². The first-order valence-electron chi connectivity index (χ1n) is 15.3. The number of hydrogen-bond acceptors (Lipinski definition) is 10. The van der Waals surface area contributed by atoms with Gasteiger partial charge in [-0.1, -0.05) is 72.8 Å². The second kappa shape index (κ2) is 17.5. The molecule has 0 saturated carbocycles. The summed E-state index contributed by atoms with van der Waals surface area (Å²) in [6.45, 7) is 5.64. The van der Waals surface area contributed by atoms with Crippen molar-refractivity contribution in [3.05, 3.63) is 102 Å². The molecule has 0 fully saturated rings. The summed E-state index contributed by atoms with van der Waals surface area (Å²) >= 11 is 0. The SMILES string of the molecule is COc1ccc(C[C@@H](C(=O)OC(C)[C@H](NC(=O)OC(C)(C)C)C(=O)OCC(=O)c2ccccc2)N(C)C(=O)OCc2ccccc2)cc1. The van der Waals surface area contributed by atoms with Gasteiger partial charge in [0.05, 0.1) is 7.11 Å². The van der Waals surface area contributed by atoms with Gasteiger partial charge in [-0.2, -0.15) is 0 Å². The quantitative estimate of drug-likeness (QED) is 0.140. The summed E-state index contributed by atoms with van der Waals surface area (Å²) in [6.07, 6.45) is -3.06. The average Bonchev–Trinajstić information content (AvgIpc) is 3.07. The summed E-state index contributed by atoms with van der Waals surface area (Å²) in [6, 6.07) is 21.4. The minimum Gasteiger partial charge on any atom is -0.497 e. The van der Waals surface area contributed by atoms with Crippen molar-refractivity contribution in [1.29, 1.82) is 0 Å². The number of amides is 2. The lowest BCUT2D eigenvalue weighted by Crippen LogP contribution is -2.53. The van der Waals surface area contributed by atoms with E-state index >= 15 is 0 Å². The van der Waals surface area contributed by atoms with Gasteiger partial charge in [0.2, 0.25) is 0 Å². The van der Waals surface area contributed by atoms with E-state index in [2.05, 4.69) is 5.32 Å². The number of carbonyl (C=O) groups is 5. The summed E-state index contributed by atoms with van der Waals surface area (Å²) in [7, 11) is 2.92. The molecule has 0 spiro atoms. The van der Waals surface area contributed by atoms with E-state index < -0.39 is 60.3 Å². The van der Waals surface area contributed by atoms with E-state index in [9.17, 15) is 24.0 Å². The Balaban J connectivity index is 1.80. The number of ether oxygens (including phenoxy) is 5. The van der Waals surface area contributed by atoms with Crippen LogP contribution in [0, 0.1) is 0 Å². The van der Waals surface area contributed by atoms with Crippen molar-refractivity contribution in [2.24, 2.45) is 0 Å². The minimum atomic E-state index is -1.57. The molecule has 12 heteroatoms. The molecule has 0 heterocycles. The van der Waals surface area contributed by atoms with E-state index in [1.165, 1.54) is 21.1 Å². The minimum absolute atomic E-state index is 0.0205. The molecule has 0 aliphatic carbocycles. The van der Waals surface area contributed by atoms with Crippen LogP contribution in [0.25, 0.3) is 0 Å². The molecule has 256 valence electrons. The maximum Gasteiger partial charge on any atom is 0.410 e. The number of nitrogens with zero attached hydrogens (tertiary/aromatic N) is 1. The Bertz CT molecular complexity index is 1520. The molecule has 0 saturated heterocycles. The zero-order valence-electron chi connectivity index (χ0n) is 28.0. The van der Waals surface area contributed by atoms with Crippen molar-refractivity contribution in [3.63, 3.8) is 0 Å². The predicted molar refractivity (Wildman–Crippen MR) is 175 cm³/mol. The van der Waals surface area contributed by atoms with E-state index in [-0.39, 0.29) is 13.0 Å². The van der Waals surface area contributed by atoms with E-state index in [0.29, 0.717) is 16.9 Å². The molecule has 3 rings (SSSR count). The molecule has 0 radical (unpaired) electrons. The Kier molecular flexibility index (Phi) is 13.5. The number of esters is 2. The Morgan fingerprint density at radius 1 is 0.792 bits per heavy atom. The standard InChI is InChI=1S/C36H42N2O10/c1-24(31(37-34(42)48-36(2,3)4)33(41)45-23-30(39)27-15-11-8-12-16-27)47-32(40)29(21-25-17-19-28(44-6)20-18-25)38(5)35(43)46-22-26-13-9-7-10-14-26/h7-20,24,29,31H,21-23H2,1-6H3,(H,37,42)/t24?,29-,31-/m0/s1. The highest BCUT2D eigenvalue weighted by Crippen LogP contribution is 2.18. The molecule has 2 amide bonds. The van der Waals surface area contributed by atoms with Gasteiger partial charge in [0.1, 0.15) is 30.1 Å². The molecule has 1 unspecified atom stereocenters. The van der Waals surface area contributed by atoms with Gasteiger partial charge in [-0.05, 0) is 51.0 Å². The zero-order valence-corrected chi connectivity index (χ0v) is 28.0. The fraction of sp³-hybridized carbons (Fsp3) is 0.361. The van der Waals surface area contributed by atoms with Gasteiger partial charge in [-0.15, -0.1) is 0 Å². The molecular formula is C36H42N2O10. The van der Waals surface area contributed by atoms with Crippen molar-refractivity contribution >= 4 is 29.9 Å². The van der Waals surface area contributed by atoms with Crippen LogP contribution in [-0.2, 0) is 41.6 Å². The Morgan fingerprint density at radius 2 is 1.40 bits per heavy atom. The molecule has 1 N–H and O–H groups in total. The van der Waals surface area contributed by atoms with Gasteiger partial charge in [-0.3, -0.25) is 9.69 Å². The molecule has 0 bridgehead atoms. The monoisotopic (exact) mass is 662 g/mol. The van der Waals surface area contributed by atoms with Gasteiger partial charge >= 0.3 is 24.1 Å². The molecule has 0 aliphatic rings. The summed E-state index contributed by atoms with van der Waals surface area (Å²) in [5.74, 6) is -1.79. The third kappa shape index (κ3) is 11.8. The topological polar surface area (TPSA) is 147 Å². The highest BCUT2D eigenvalue weighted by atomic mass is 16.6. The second-order valence-corrected chi connectivity index (χ2v) is 11.9. The van der Waals surface area contributed by atoms with E-state index in [4.69, 9.17) is 23.7 Å². The van der Waals surface area contributed by atoms with Crippen LogP contribution in [0.3, 0.4) is 0 Å². The molecule has 3 atom stereocenters. The lowest BCUT2D eigenvalue weighted by atomic mass is 10.0. The van der Waals surface area contributed by atoms with Crippen LogP contribution >= 0.6 is 0 Å². The van der Waals surface area contributed by atoms with Crippen LogP contribution in [0.1, 0.15) is 49.2 Å². The molecule has 48 heavy (non-hydrogen) atoms. The first kappa shape index (κ1) is 37.1. The van der Waals surface area contributed by atoms with Crippen LogP contribution in [-0.4, -0.2) is 79.4 Å². The molecule has 12 nitrogen and oxygen atoms in total. The third-order valence-electron chi connectivity index (χ3n) is 6.96. The molecule has 3 aromatic carbocycles. The van der Waals surface area contributed by atoms with Gasteiger partial charge in [0.15, 0.2) is 18.4 Å². The fourth-order valence-corrected chi connectivity index (χ4v) is 4.38. The lowest BCUT2D eigenvalue weighted by molar-refractivity contribution is -0.160. The highest BCUT2D eigenvalue weighted by Gasteiger charge is 2.37. The van der Waals surface area contributed by atoms with E-state index in [0.717, 1.165) is 10.5 Å². The van der Waals surface area contributed by atoms with E-state index in [1.54, 1.807) is 87.5 Å². The van der Waals surface area contributed by atoms with Crippen molar-refractivity contribution in [1.82, 2.24) is 10.2 Å². The number of alkyl carbamates (subject to hydrolysis) is 1. The fourth-order valence-electron chi connectivity index (χ4n) is 4.38.